The van der Waals surface area contributed by atoms with Crippen molar-refractivity contribution in [1.29, 1.82) is 0 Å². The average Bonchev–Trinajstić information content (AvgIpc) is 2.42. The number of aliphatic hydroxyl groups excluding tert-OH is 1. The molecule has 0 amide bonds. The number of nitrogens with zero attached hydrogens (tertiary/aromatic N) is 1. The fourth-order valence-corrected chi connectivity index (χ4v) is 2.28. The molecule has 0 saturated carbocycles. The summed E-state index contributed by atoms with van der Waals surface area (Å²) < 4.78 is 6.47. The highest BCUT2D eigenvalue weighted by atomic mass is 79.9. The van der Waals surface area contributed by atoms with Gasteiger partial charge in [-0.3, -0.25) is 10.1 Å². The summed E-state index contributed by atoms with van der Waals surface area (Å²) in [5.41, 5.74) is 1.37. The van der Waals surface area contributed by atoms with Crippen LogP contribution in [0.5, 0.6) is 11.5 Å². The molecule has 104 valence electrons. The Morgan fingerprint density at radius 2 is 1.95 bits per heavy atom. The van der Waals surface area contributed by atoms with Gasteiger partial charge in [0.1, 0.15) is 11.5 Å². The second-order valence-electron chi connectivity index (χ2n) is 4.24. The zero-order valence-electron chi connectivity index (χ0n) is 10.7. The van der Waals surface area contributed by atoms with Crippen molar-refractivity contribution < 1.29 is 14.8 Å². The van der Waals surface area contributed by atoms with Crippen molar-refractivity contribution in [3.8, 4) is 11.5 Å². The van der Waals surface area contributed by atoms with Crippen molar-refractivity contribution in [3.05, 3.63) is 62.1 Å². The number of ether oxygens (including phenoxy) is 1. The summed E-state index contributed by atoms with van der Waals surface area (Å²) in [4.78, 5) is 10.2. The molecule has 0 aliphatic carbocycles. The summed E-state index contributed by atoms with van der Waals surface area (Å²) in [6, 6.07) is 9.72. The lowest BCUT2D eigenvalue weighted by molar-refractivity contribution is -0.385. The van der Waals surface area contributed by atoms with E-state index >= 15 is 0 Å². The van der Waals surface area contributed by atoms with Crippen LogP contribution in [-0.4, -0.2) is 10.0 Å². The molecule has 0 spiro atoms. The van der Waals surface area contributed by atoms with Crippen LogP contribution in [0.25, 0.3) is 0 Å². The van der Waals surface area contributed by atoms with E-state index in [1.165, 1.54) is 18.2 Å². The molecule has 2 rings (SSSR count). The van der Waals surface area contributed by atoms with Crippen LogP contribution in [0.4, 0.5) is 5.69 Å². The van der Waals surface area contributed by atoms with Crippen molar-refractivity contribution in [2.45, 2.75) is 13.5 Å². The van der Waals surface area contributed by atoms with Crippen molar-refractivity contribution >= 4 is 21.6 Å². The Balaban J connectivity index is 2.35. The quantitative estimate of drug-likeness (QED) is 0.677. The Labute approximate surface area is 124 Å². The Bertz CT molecular complexity index is 658. The molecular formula is C14H12BrNO4. The number of hydrogen-bond donors (Lipinski definition) is 1. The molecule has 0 fully saturated rings. The molecule has 5 nitrogen and oxygen atoms in total. The first kappa shape index (κ1) is 14.5. The Morgan fingerprint density at radius 3 is 2.55 bits per heavy atom. The normalized spacial score (nSPS) is 10.3. The third kappa shape index (κ3) is 3.15. The molecule has 0 heterocycles. The Morgan fingerprint density at radius 1 is 1.25 bits per heavy atom. The summed E-state index contributed by atoms with van der Waals surface area (Å²) in [7, 11) is 0. The molecule has 0 aliphatic rings. The standard InChI is InChI=1S/C14H12BrNO4/c1-9-2-4-14(12(15)6-9)20-13-5-3-11(16(18)19)7-10(13)8-17/h2-7,17H,8H2,1H3. The second kappa shape index (κ2) is 6.02. The average molecular weight is 338 g/mol. The number of hydrogen-bond acceptors (Lipinski definition) is 4. The zero-order valence-corrected chi connectivity index (χ0v) is 12.3. The van der Waals surface area contributed by atoms with E-state index in [1.54, 1.807) is 6.07 Å². The molecule has 0 radical (unpaired) electrons. The van der Waals surface area contributed by atoms with Gasteiger partial charge in [-0.25, -0.2) is 0 Å². The summed E-state index contributed by atoms with van der Waals surface area (Å²) in [6.07, 6.45) is 0. The topological polar surface area (TPSA) is 72.6 Å². The van der Waals surface area contributed by atoms with E-state index in [2.05, 4.69) is 15.9 Å². The molecule has 1 N–H and O–H groups in total. The van der Waals surface area contributed by atoms with Gasteiger partial charge < -0.3 is 9.84 Å². The van der Waals surface area contributed by atoms with E-state index in [1.807, 2.05) is 19.1 Å². The van der Waals surface area contributed by atoms with Gasteiger partial charge in [-0.15, -0.1) is 0 Å². The maximum atomic E-state index is 10.7. The number of aliphatic hydroxyl groups is 1. The molecule has 0 aromatic heterocycles. The Hall–Kier alpha value is -1.92. The smallest absolute Gasteiger partial charge is 0.270 e. The molecule has 2 aromatic carbocycles. The molecule has 2 aromatic rings. The van der Waals surface area contributed by atoms with Crippen molar-refractivity contribution in [2.75, 3.05) is 0 Å². The predicted octanol–water partition coefficient (Wildman–Crippen LogP) is 3.95. The van der Waals surface area contributed by atoms with Crippen LogP contribution in [0.15, 0.2) is 40.9 Å². The lowest BCUT2D eigenvalue weighted by atomic mass is 10.2. The van der Waals surface area contributed by atoms with Crippen LogP contribution in [0, 0.1) is 17.0 Å². The van der Waals surface area contributed by atoms with Gasteiger partial charge in [-0.2, -0.15) is 0 Å². The van der Waals surface area contributed by atoms with E-state index in [4.69, 9.17) is 4.74 Å². The third-order valence-electron chi connectivity index (χ3n) is 2.73. The largest absolute Gasteiger partial charge is 0.456 e. The van der Waals surface area contributed by atoms with Crippen LogP contribution in [0.1, 0.15) is 11.1 Å². The lowest BCUT2D eigenvalue weighted by Gasteiger charge is -2.11. The van der Waals surface area contributed by atoms with Crippen LogP contribution in [-0.2, 0) is 6.61 Å². The predicted molar refractivity (Wildman–Crippen MR) is 78.0 cm³/mol. The van der Waals surface area contributed by atoms with Gasteiger partial charge in [-0.1, -0.05) is 6.07 Å². The molecule has 0 bridgehead atoms. The van der Waals surface area contributed by atoms with Crippen LogP contribution >= 0.6 is 15.9 Å². The van der Waals surface area contributed by atoms with E-state index in [9.17, 15) is 15.2 Å². The van der Waals surface area contributed by atoms with Crippen molar-refractivity contribution in [1.82, 2.24) is 0 Å². The highest BCUT2D eigenvalue weighted by Crippen LogP contribution is 2.33. The molecule has 0 atom stereocenters. The third-order valence-corrected chi connectivity index (χ3v) is 3.35. The van der Waals surface area contributed by atoms with E-state index in [-0.39, 0.29) is 12.3 Å². The molecule has 20 heavy (non-hydrogen) atoms. The highest BCUT2D eigenvalue weighted by Gasteiger charge is 2.12. The molecule has 0 saturated heterocycles. The first-order valence-electron chi connectivity index (χ1n) is 5.83. The van der Waals surface area contributed by atoms with Crippen LogP contribution in [0.3, 0.4) is 0 Å². The van der Waals surface area contributed by atoms with Gasteiger partial charge in [0, 0.05) is 17.7 Å². The molecular weight excluding hydrogens is 326 g/mol. The summed E-state index contributed by atoms with van der Waals surface area (Å²) in [5.74, 6) is 0.974. The number of benzene rings is 2. The summed E-state index contributed by atoms with van der Waals surface area (Å²) >= 11 is 3.39. The fourth-order valence-electron chi connectivity index (χ4n) is 1.71. The van der Waals surface area contributed by atoms with Gasteiger partial charge in [0.05, 0.1) is 16.0 Å². The maximum absolute atomic E-state index is 10.7. The van der Waals surface area contributed by atoms with Gasteiger partial charge in [0.2, 0.25) is 0 Å². The van der Waals surface area contributed by atoms with Gasteiger partial charge >= 0.3 is 0 Å². The fraction of sp³-hybridized carbons (Fsp3) is 0.143. The first-order valence-corrected chi connectivity index (χ1v) is 6.62. The molecule has 0 aliphatic heterocycles. The van der Waals surface area contributed by atoms with Gasteiger partial charge in [-0.05, 0) is 46.6 Å². The summed E-state index contributed by atoms with van der Waals surface area (Å²) in [6.45, 7) is 1.63. The van der Waals surface area contributed by atoms with Crippen LogP contribution in [0.2, 0.25) is 0 Å². The zero-order chi connectivity index (χ0) is 14.7. The minimum absolute atomic E-state index is 0.0793. The second-order valence-corrected chi connectivity index (χ2v) is 5.10. The van der Waals surface area contributed by atoms with Crippen molar-refractivity contribution in [3.63, 3.8) is 0 Å². The number of nitro benzene ring substituents is 1. The number of nitro groups is 1. The monoisotopic (exact) mass is 337 g/mol. The molecule has 0 unspecified atom stereocenters. The first-order chi connectivity index (χ1) is 9.51. The lowest BCUT2D eigenvalue weighted by Crippen LogP contribution is -1.95. The molecule has 6 heteroatoms. The van der Waals surface area contributed by atoms with E-state index < -0.39 is 4.92 Å². The number of non-ortho nitro benzene ring substituents is 1. The van der Waals surface area contributed by atoms with Gasteiger partial charge in [0.15, 0.2) is 0 Å². The summed E-state index contributed by atoms with van der Waals surface area (Å²) in [5, 5.41) is 20.0. The highest BCUT2D eigenvalue weighted by molar-refractivity contribution is 9.10. The number of halogens is 1. The minimum Gasteiger partial charge on any atom is -0.456 e. The SMILES string of the molecule is Cc1ccc(Oc2ccc([N+](=O)[O-])cc2CO)c(Br)c1. The number of rotatable bonds is 4. The number of aryl methyl sites for hydroxylation is 1. The van der Waals surface area contributed by atoms with E-state index in [0.29, 0.717) is 17.1 Å². The van der Waals surface area contributed by atoms with E-state index in [0.717, 1.165) is 10.0 Å². The van der Waals surface area contributed by atoms with Gasteiger partial charge in [0.25, 0.3) is 5.69 Å². The maximum Gasteiger partial charge on any atom is 0.270 e. The minimum atomic E-state index is -0.509. The Kier molecular flexibility index (Phi) is 4.36. The van der Waals surface area contributed by atoms with Crippen LogP contribution < -0.4 is 4.74 Å². The van der Waals surface area contributed by atoms with Crippen molar-refractivity contribution in [2.24, 2.45) is 0 Å².